The summed E-state index contributed by atoms with van der Waals surface area (Å²) >= 11 is 1.61. The van der Waals surface area contributed by atoms with Crippen LogP contribution in [0.25, 0.3) is 6.08 Å². The number of amides is 1. The van der Waals surface area contributed by atoms with Gasteiger partial charge in [0.25, 0.3) is 0 Å². The van der Waals surface area contributed by atoms with Crippen molar-refractivity contribution in [3.05, 3.63) is 21.7 Å². The molecule has 9 heteroatoms. The molecule has 238 valence electrons. The Morgan fingerprint density at radius 3 is 2.45 bits per heavy atom. The number of carbonyl (C=O) groups excluding carboxylic acids is 2. The molecule has 2 N–H and O–H groups in total. The predicted molar refractivity (Wildman–Crippen MR) is 174 cm³/mol. The second-order valence-electron chi connectivity index (χ2n) is 15.3. The summed E-state index contributed by atoms with van der Waals surface area (Å²) in [6.45, 7) is 24.6. The van der Waals surface area contributed by atoms with E-state index in [9.17, 15) is 14.7 Å². The highest BCUT2D eigenvalue weighted by Gasteiger charge is 2.53. The van der Waals surface area contributed by atoms with Crippen molar-refractivity contribution in [1.29, 1.82) is 0 Å². The largest absolute Gasteiger partial charge is 0.412 e. The molecule has 0 spiro atoms. The van der Waals surface area contributed by atoms with Crippen molar-refractivity contribution < 1.29 is 23.9 Å². The number of ketones is 1. The second kappa shape index (κ2) is 12.9. The fourth-order valence-electron chi connectivity index (χ4n) is 5.90. The maximum atomic E-state index is 14.1. The Hall–Kier alpha value is -1.39. The summed E-state index contributed by atoms with van der Waals surface area (Å²) < 4.78 is 13.1. The molecule has 0 bridgehead atoms. The zero-order valence-electron chi connectivity index (χ0n) is 28.1. The number of hydrogen-bond donors (Lipinski definition) is 2. The Balaban J connectivity index is 2.00. The number of aliphatic hydroxyl groups excluding tert-OH is 1. The third-order valence-electron chi connectivity index (χ3n) is 10.3. The van der Waals surface area contributed by atoms with Crippen molar-refractivity contribution in [3.63, 3.8) is 0 Å². The fraction of sp³-hybridized carbons (Fsp3) is 0.788. The molecule has 2 aliphatic heterocycles. The average molecular weight is 621 g/mol. The lowest BCUT2D eigenvalue weighted by molar-refractivity contribution is -0.142. The van der Waals surface area contributed by atoms with Crippen LogP contribution in [0.15, 0.2) is 11.0 Å². The van der Waals surface area contributed by atoms with Gasteiger partial charge in [0.1, 0.15) is 5.78 Å². The van der Waals surface area contributed by atoms with E-state index < -0.39 is 31.9 Å². The van der Waals surface area contributed by atoms with Crippen LogP contribution in [0.5, 0.6) is 0 Å². The van der Waals surface area contributed by atoms with Crippen LogP contribution in [-0.4, -0.2) is 60.1 Å². The van der Waals surface area contributed by atoms with Crippen LogP contribution in [-0.2, 0) is 18.8 Å². The number of nitrogens with one attached hydrogen (secondary N) is 1. The van der Waals surface area contributed by atoms with Crippen LogP contribution in [0.4, 0.5) is 0 Å². The van der Waals surface area contributed by atoms with Crippen molar-refractivity contribution in [1.82, 2.24) is 10.3 Å². The average Bonchev–Trinajstić information content (AvgIpc) is 3.31. The minimum Gasteiger partial charge on any atom is -0.412 e. The molecule has 0 radical (unpaired) electrons. The molecule has 2 fully saturated rings. The van der Waals surface area contributed by atoms with E-state index in [1.165, 1.54) is 0 Å². The summed E-state index contributed by atoms with van der Waals surface area (Å²) in [6, 6.07) is -0.230. The number of aliphatic hydroxyl groups is 1. The van der Waals surface area contributed by atoms with Gasteiger partial charge in [-0.15, -0.1) is 11.3 Å². The first kappa shape index (κ1) is 35.1. The first-order chi connectivity index (χ1) is 19.2. The van der Waals surface area contributed by atoms with Gasteiger partial charge in [-0.25, -0.2) is 4.98 Å². The molecule has 42 heavy (non-hydrogen) atoms. The minimum absolute atomic E-state index is 0.0315. The van der Waals surface area contributed by atoms with Gasteiger partial charge >= 0.3 is 0 Å². The molecule has 1 aromatic heterocycles. The lowest BCUT2D eigenvalue weighted by Crippen LogP contribution is -2.53. The number of aryl methyl sites for hydroxylation is 1. The van der Waals surface area contributed by atoms with Gasteiger partial charge in [0.15, 0.2) is 8.32 Å². The SMILES string of the molecule is CC(=Cc1csc(C)n1)[C@@H]1C[C@@H]2O[C@]2(C)CCC[C@H](C)[C@H](O)[C@@H](C)C(=O)C(C)(C)C(O[Si](C)(C)C(C)(C)C)CC(=O)N1. The van der Waals surface area contributed by atoms with Crippen LogP contribution >= 0.6 is 11.3 Å². The Kier molecular flexibility index (Phi) is 10.8. The van der Waals surface area contributed by atoms with Crippen molar-refractivity contribution in [2.75, 3.05) is 0 Å². The highest BCUT2D eigenvalue weighted by atomic mass is 32.1. The maximum Gasteiger partial charge on any atom is 0.223 e. The van der Waals surface area contributed by atoms with Crippen molar-refractivity contribution in [3.8, 4) is 0 Å². The zero-order valence-corrected chi connectivity index (χ0v) is 29.9. The monoisotopic (exact) mass is 620 g/mol. The first-order valence-corrected chi connectivity index (χ1v) is 19.4. The summed E-state index contributed by atoms with van der Waals surface area (Å²) in [5.74, 6) is -0.815. The number of thiazole rings is 1. The summed E-state index contributed by atoms with van der Waals surface area (Å²) in [4.78, 5) is 32.5. The molecule has 0 aliphatic carbocycles. The molecular weight excluding hydrogens is 565 g/mol. The van der Waals surface area contributed by atoms with Crippen LogP contribution in [0, 0.1) is 24.2 Å². The van der Waals surface area contributed by atoms with Gasteiger partial charge in [0.05, 0.1) is 47.1 Å². The number of carbonyl (C=O) groups is 2. The number of nitrogens with zero attached hydrogens (tertiary/aromatic N) is 1. The third-order valence-corrected chi connectivity index (χ3v) is 15.6. The summed E-state index contributed by atoms with van der Waals surface area (Å²) in [7, 11) is -2.35. The molecule has 7 nitrogen and oxygen atoms in total. The van der Waals surface area contributed by atoms with Crippen molar-refractivity contribution >= 4 is 37.4 Å². The molecule has 1 aromatic rings. The molecular formula is C33H56N2O5SSi. The Morgan fingerprint density at radius 2 is 1.88 bits per heavy atom. The van der Waals surface area contributed by atoms with Gasteiger partial charge in [-0.1, -0.05) is 54.9 Å². The van der Waals surface area contributed by atoms with Gasteiger partial charge in [-0.2, -0.15) is 0 Å². The highest BCUT2D eigenvalue weighted by Crippen LogP contribution is 2.45. The number of rotatable bonds is 4. The number of Topliss-reactive ketones (excluding diaryl/α,β-unsaturated/α-hetero) is 1. The van der Waals surface area contributed by atoms with E-state index in [-0.39, 0.29) is 46.8 Å². The molecule has 1 unspecified atom stereocenters. The van der Waals surface area contributed by atoms with Crippen molar-refractivity contribution in [2.24, 2.45) is 17.3 Å². The number of ether oxygens (including phenoxy) is 1. The number of fused-ring (bicyclic) bond motifs is 1. The molecule has 3 heterocycles. The summed E-state index contributed by atoms with van der Waals surface area (Å²) in [5.41, 5.74) is 0.693. The predicted octanol–water partition coefficient (Wildman–Crippen LogP) is 7.08. The fourth-order valence-corrected chi connectivity index (χ4v) is 7.91. The van der Waals surface area contributed by atoms with Gasteiger partial charge in [0, 0.05) is 23.1 Å². The van der Waals surface area contributed by atoms with Gasteiger partial charge < -0.3 is 19.6 Å². The second-order valence-corrected chi connectivity index (χ2v) is 21.1. The number of aromatic nitrogens is 1. The number of epoxide rings is 1. The molecule has 3 rings (SSSR count). The molecule has 2 saturated heterocycles. The first-order valence-electron chi connectivity index (χ1n) is 15.7. The summed E-state index contributed by atoms with van der Waals surface area (Å²) in [6.07, 6.45) is 4.01. The molecule has 0 saturated carbocycles. The standard InChI is InChI=1S/C33H56N2O5SSi/c1-20-14-13-15-33(10)27(39-33)17-25(21(2)16-24-19-41-23(4)34-24)35-28(36)18-26(40-42(11,12)31(5,6)7)32(8,9)30(38)22(3)29(20)37/h16,19-20,22,25-27,29,37H,13-15,17-18H2,1-12H3,(H,35,36)/t20-,22+,25-,26?,27-,29-,33+/m0/s1. The smallest absolute Gasteiger partial charge is 0.223 e. The van der Waals surface area contributed by atoms with E-state index in [0.717, 1.165) is 35.5 Å². The Bertz CT molecular complexity index is 1160. The van der Waals surface area contributed by atoms with Crippen LogP contribution in [0.3, 0.4) is 0 Å². The topological polar surface area (TPSA) is 101 Å². The number of hydrogen-bond acceptors (Lipinski definition) is 7. The highest BCUT2D eigenvalue weighted by molar-refractivity contribution is 7.09. The third kappa shape index (κ3) is 8.20. The lowest BCUT2D eigenvalue weighted by atomic mass is 9.72. The minimum atomic E-state index is -2.35. The zero-order chi connectivity index (χ0) is 31.8. The van der Waals surface area contributed by atoms with E-state index in [1.54, 1.807) is 11.3 Å². The van der Waals surface area contributed by atoms with E-state index in [4.69, 9.17) is 9.16 Å². The van der Waals surface area contributed by atoms with Crippen LogP contribution in [0.2, 0.25) is 18.1 Å². The molecule has 2 aliphatic rings. The molecule has 1 amide bonds. The van der Waals surface area contributed by atoms with Crippen LogP contribution in [0.1, 0.15) is 105 Å². The van der Waals surface area contributed by atoms with Gasteiger partial charge in [-0.05, 0) is 69.3 Å². The molecule has 7 atom stereocenters. The quantitative estimate of drug-likeness (QED) is 0.276. The molecule has 0 aromatic carbocycles. The maximum absolute atomic E-state index is 14.1. The van der Waals surface area contributed by atoms with Crippen LogP contribution < -0.4 is 5.32 Å². The van der Waals surface area contributed by atoms with E-state index in [1.807, 2.05) is 53.0 Å². The normalized spacial score (nSPS) is 34.1. The van der Waals surface area contributed by atoms with E-state index >= 15 is 0 Å². The van der Waals surface area contributed by atoms with E-state index in [2.05, 4.69) is 51.1 Å². The Labute approximate surface area is 259 Å². The van der Waals surface area contributed by atoms with Gasteiger partial charge in [0.2, 0.25) is 5.91 Å². The Morgan fingerprint density at radius 1 is 1.24 bits per heavy atom. The summed E-state index contributed by atoms with van der Waals surface area (Å²) in [5, 5.41) is 17.5. The lowest BCUT2D eigenvalue weighted by Gasteiger charge is -2.44. The van der Waals surface area contributed by atoms with Gasteiger partial charge in [-0.3, -0.25) is 9.59 Å². The van der Waals surface area contributed by atoms with E-state index in [0.29, 0.717) is 6.42 Å². The van der Waals surface area contributed by atoms with Crippen molar-refractivity contribution in [2.45, 2.75) is 149 Å².